The third-order valence-electron chi connectivity index (χ3n) is 9.73. The molecule has 4 heterocycles. The molecular weight excluding hydrogens is 328 g/mol. The van der Waals surface area contributed by atoms with Gasteiger partial charge in [-0.25, -0.2) is 0 Å². The van der Waals surface area contributed by atoms with E-state index in [2.05, 4.69) is 13.8 Å². The number of hydrogen-bond donors (Lipinski definition) is 2. The van der Waals surface area contributed by atoms with Gasteiger partial charge in [-0.2, -0.15) is 0 Å². The molecule has 6 aliphatic rings. The first kappa shape index (κ1) is 16.8. The van der Waals surface area contributed by atoms with Gasteiger partial charge in [-0.15, -0.1) is 0 Å². The molecule has 4 bridgehead atoms. The molecule has 2 N–H and O–H groups in total. The molecule has 4 aliphatic heterocycles. The first-order valence-corrected chi connectivity index (χ1v) is 11.2. The molecule has 0 aromatic rings. The number of ether oxygens (including phenoxy) is 2. The molecule has 0 aromatic carbocycles. The minimum Gasteiger partial charge on any atom is -0.389 e. The minimum atomic E-state index is -0.635. The average Bonchev–Trinajstić information content (AvgIpc) is 3.39. The van der Waals surface area contributed by atoms with Crippen LogP contribution in [0.5, 0.6) is 0 Å². The largest absolute Gasteiger partial charge is 0.389 e. The van der Waals surface area contributed by atoms with E-state index in [-0.39, 0.29) is 24.0 Å². The van der Waals surface area contributed by atoms with Crippen molar-refractivity contribution in [3.05, 3.63) is 0 Å². The molecule has 2 aliphatic carbocycles. The summed E-state index contributed by atoms with van der Waals surface area (Å²) in [7, 11) is 0. The van der Waals surface area contributed by atoms with Gasteiger partial charge in [0, 0.05) is 23.7 Å². The van der Waals surface area contributed by atoms with E-state index >= 15 is 0 Å². The Kier molecular flexibility index (Phi) is 3.39. The molecule has 146 valence electrons. The van der Waals surface area contributed by atoms with Crippen LogP contribution in [-0.4, -0.2) is 45.8 Å². The Bertz CT molecular complexity index is 543. The van der Waals surface area contributed by atoms with Crippen molar-refractivity contribution in [2.75, 3.05) is 0 Å². The smallest absolute Gasteiger partial charge is 0.0705 e. The van der Waals surface area contributed by atoms with Gasteiger partial charge in [-0.05, 0) is 37.5 Å². The second-order valence-electron chi connectivity index (χ2n) is 10.7. The van der Waals surface area contributed by atoms with Gasteiger partial charge in [0.1, 0.15) is 0 Å². The van der Waals surface area contributed by atoms with Crippen molar-refractivity contribution >= 4 is 0 Å². The van der Waals surface area contributed by atoms with Gasteiger partial charge in [0.25, 0.3) is 0 Å². The molecule has 6 rings (SSSR count). The molecular formula is C22H34O4. The third-order valence-corrected chi connectivity index (χ3v) is 9.73. The van der Waals surface area contributed by atoms with Crippen molar-refractivity contribution in [2.45, 2.75) is 101 Å². The van der Waals surface area contributed by atoms with E-state index in [9.17, 15) is 10.2 Å². The Morgan fingerprint density at radius 1 is 0.615 bits per heavy atom. The molecule has 10 atom stereocenters. The SMILES string of the molecule is CC1C(C)C2OC1C1C3OC(C21)C(C1(O)CCCC1)C3C1(O)CCCC1. The molecule has 2 saturated carbocycles. The number of rotatable bonds is 2. The first-order chi connectivity index (χ1) is 12.4. The van der Waals surface area contributed by atoms with Crippen LogP contribution in [-0.2, 0) is 9.47 Å². The van der Waals surface area contributed by atoms with E-state index in [1.807, 2.05) is 0 Å². The molecule has 0 aromatic heterocycles. The second kappa shape index (κ2) is 5.25. The van der Waals surface area contributed by atoms with Gasteiger partial charge >= 0.3 is 0 Å². The van der Waals surface area contributed by atoms with Gasteiger partial charge < -0.3 is 19.7 Å². The zero-order valence-electron chi connectivity index (χ0n) is 16.1. The fraction of sp³-hybridized carbons (Fsp3) is 1.00. The lowest BCUT2D eigenvalue weighted by atomic mass is 9.53. The van der Waals surface area contributed by atoms with E-state index in [1.165, 1.54) is 0 Å². The van der Waals surface area contributed by atoms with Crippen molar-refractivity contribution < 1.29 is 19.7 Å². The Morgan fingerprint density at radius 2 is 0.962 bits per heavy atom. The predicted octanol–water partition coefficient (Wildman–Crippen LogP) is 2.90. The Morgan fingerprint density at radius 3 is 1.35 bits per heavy atom. The van der Waals surface area contributed by atoms with Crippen LogP contribution in [0.15, 0.2) is 0 Å². The highest BCUT2D eigenvalue weighted by molar-refractivity contribution is 5.22. The summed E-state index contributed by atoms with van der Waals surface area (Å²) in [5, 5.41) is 23.3. The normalized spacial score (nSPS) is 58.6. The maximum absolute atomic E-state index is 11.6. The molecule has 6 fully saturated rings. The van der Waals surface area contributed by atoms with Gasteiger partial charge in [0.15, 0.2) is 0 Å². The number of hydrogen-bond acceptors (Lipinski definition) is 4. The van der Waals surface area contributed by atoms with Crippen LogP contribution >= 0.6 is 0 Å². The summed E-state index contributed by atoms with van der Waals surface area (Å²) in [4.78, 5) is 0. The molecule has 10 unspecified atom stereocenters. The summed E-state index contributed by atoms with van der Waals surface area (Å²) >= 11 is 0. The van der Waals surface area contributed by atoms with E-state index in [0.717, 1.165) is 51.4 Å². The van der Waals surface area contributed by atoms with Crippen LogP contribution in [0.4, 0.5) is 0 Å². The summed E-state index contributed by atoms with van der Waals surface area (Å²) in [6.07, 6.45) is 8.75. The second-order valence-corrected chi connectivity index (χ2v) is 10.7. The Labute approximate surface area is 156 Å². The highest BCUT2D eigenvalue weighted by atomic mass is 16.6. The van der Waals surface area contributed by atoms with Gasteiger partial charge in [0.05, 0.1) is 35.6 Å². The summed E-state index contributed by atoms with van der Waals surface area (Å²) in [5.41, 5.74) is -1.27. The van der Waals surface area contributed by atoms with Gasteiger partial charge in [-0.1, -0.05) is 39.5 Å². The van der Waals surface area contributed by atoms with Crippen molar-refractivity contribution in [1.82, 2.24) is 0 Å². The van der Waals surface area contributed by atoms with Crippen LogP contribution in [0.3, 0.4) is 0 Å². The fourth-order valence-electron chi connectivity index (χ4n) is 8.50. The Hall–Kier alpha value is -0.160. The molecule has 0 amide bonds. The highest BCUT2D eigenvalue weighted by Crippen LogP contribution is 2.68. The first-order valence-electron chi connectivity index (χ1n) is 11.2. The molecule has 0 spiro atoms. The summed E-state index contributed by atoms with van der Waals surface area (Å²) in [6, 6.07) is 0. The standard InChI is InChI=1S/C22H34O4/c1-11-12(2)18-14-13(17(11)25-18)19-15(21(23)7-3-4-8-21)16(20(14)26-19)22(24)9-5-6-10-22/h11-20,23-24H,3-10H2,1-2H3. The summed E-state index contributed by atoms with van der Waals surface area (Å²) < 4.78 is 13.2. The quantitative estimate of drug-likeness (QED) is 0.793. The van der Waals surface area contributed by atoms with Crippen LogP contribution in [0.2, 0.25) is 0 Å². The lowest BCUT2D eigenvalue weighted by molar-refractivity contribution is -0.127. The zero-order valence-corrected chi connectivity index (χ0v) is 16.1. The minimum absolute atomic E-state index is 0.0904. The van der Waals surface area contributed by atoms with E-state index in [0.29, 0.717) is 35.9 Å². The highest BCUT2D eigenvalue weighted by Gasteiger charge is 2.75. The Balaban J connectivity index is 1.42. The lowest BCUT2D eigenvalue weighted by Gasteiger charge is -2.50. The van der Waals surface area contributed by atoms with Crippen LogP contribution < -0.4 is 0 Å². The van der Waals surface area contributed by atoms with Crippen LogP contribution in [0.1, 0.15) is 65.2 Å². The molecule has 4 saturated heterocycles. The van der Waals surface area contributed by atoms with Crippen LogP contribution in [0.25, 0.3) is 0 Å². The van der Waals surface area contributed by atoms with Crippen molar-refractivity contribution in [1.29, 1.82) is 0 Å². The molecule has 0 radical (unpaired) electrons. The maximum Gasteiger partial charge on any atom is 0.0705 e. The lowest BCUT2D eigenvalue weighted by Crippen LogP contribution is -2.60. The van der Waals surface area contributed by atoms with E-state index in [1.54, 1.807) is 0 Å². The number of fused-ring (bicyclic) bond motifs is 9. The summed E-state index contributed by atoms with van der Waals surface area (Å²) in [6.45, 7) is 4.66. The number of aliphatic hydroxyl groups is 2. The molecule has 4 nitrogen and oxygen atoms in total. The third kappa shape index (κ3) is 1.86. The zero-order chi connectivity index (χ0) is 17.8. The fourth-order valence-corrected chi connectivity index (χ4v) is 8.50. The average molecular weight is 363 g/mol. The van der Waals surface area contributed by atoms with Crippen molar-refractivity contribution in [3.8, 4) is 0 Å². The topological polar surface area (TPSA) is 58.9 Å². The molecule has 4 heteroatoms. The van der Waals surface area contributed by atoms with E-state index < -0.39 is 11.2 Å². The summed E-state index contributed by atoms with van der Waals surface area (Å²) in [5.74, 6) is 2.24. The van der Waals surface area contributed by atoms with Crippen LogP contribution in [0, 0.1) is 35.5 Å². The maximum atomic E-state index is 11.6. The van der Waals surface area contributed by atoms with E-state index in [4.69, 9.17) is 9.47 Å². The predicted molar refractivity (Wildman–Crippen MR) is 96.4 cm³/mol. The molecule has 26 heavy (non-hydrogen) atoms. The van der Waals surface area contributed by atoms with Crippen molar-refractivity contribution in [2.24, 2.45) is 35.5 Å². The van der Waals surface area contributed by atoms with Crippen molar-refractivity contribution in [3.63, 3.8) is 0 Å². The monoisotopic (exact) mass is 362 g/mol. The van der Waals surface area contributed by atoms with Gasteiger partial charge in [0.2, 0.25) is 0 Å². The van der Waals surface area contributed by atoms with Gasteiger partial charge in [-0.3, -0.25) is 0 Å².